The number of carbonyl (C=O) groups is 1. The monoisotopic (exact) mass is 221 g/mol. The van der Waals surface area contributed by atoms with Gasteiger partial charge in [0.05, 0.1) is 5.56 Å². The average molecular weight is 222 g/mol. The molecule has 1 N–H and O–H groups in total. The third-order valence-corrected chi connectivity index (χ3v) is 0.908. The van der Waals surface area contributed by atoms with Crippen molar-refractivity contribution in [3.05, 3.63) is 30.1 Å². The van der Waals surface area contributed by atoms with Crippen molar-refractivity contribution in [1.29, 1.82) is 0 Å². The van der Waals surface area contributed by atoms with Gasteiger partial charge in [-0.05, 0) is 12.1 Å². The van der Waals surface area contributed by atoms with Crippen LogP contribution in [0.2, 0.25) is 0 Å². The molecule has 64 valence electrons. The molecule has 1 rings (SSSR count). The molecule has 0 spiro atoms. The first-order valence-electron chi connectivity index (χ1n) is 2.55. The van der Waals surface area contributed by atoms with Crippen LogP contribution in [0.5, 0.6) is 0 Å². The number of aromatic carboxylic acids is 1. The summed E-state index contributed by atoms with van der Waals surface area (Å²) < 4.78 is 0. The van der Waals surface area contributed by atoms with Crippen LogP contribution in [0.4, 0.5) is 0 Å². The Morgan fingerprint density at radius 3 is 2.55 bits per heavy atom. The van der Waals surface area contributed by atoms with Crippen molar-refractivity contribution in [1.82, 2.24) is 4.98 Å². The average Bonchev–Trinajstić information content (AvgIpc) is 2.10. The van der Waals surface area contributed by atoms with E-state index in [4.69, 9.17) is 5.11 Å². The Kier molecular flexibility index (Phi) is 5.84. The molecule has 0 atom stereocenters. The van der Waals surface area contributed by atoms with E-state index in [1.54, 1.807) is 6.07 Å². The number of carboxylic acids is 1. The van der Waals surface area contributed by atoms with Crippen molar-refractivity contribution < 1.29 is 25.0 Å². The van der Waals surface area contributed by atoms with E-state index in [1.165, 1.54) is 18.5 Å². The molecule has 0 fully saturated rings. The molecule has 3 nitrogen and oxygen atoms in total. The van der Waals surface area contributed by atoms with Gasteiger partial charge in [-0.15, -0.1) is 0 Å². The third-order valence-electron chi connectivity index (χ3n) is 0.908. The van der Waals surface area contributed by atoms with Gasteiger partial charge in [0.1, 0.15) is 0 Å². The quantitative estimate of drug-likeness (QED) is 0.732. The topological polar surface area (TPSA) is 50.2 Å². The summed E-state index contributed by atoms with van der Waals surface area (Å²) in [5.74, 6) is -0.942. The zero-order valence-corrected chi connectivity index (χ0v) is 6.99. The van der Waals surface area contributed by atoms with Crippen LogP contribution in [0.1, 0.15) is 10.4 Å². The van der Waals surface area contributed by atoms with Gasteiger partial charge in [-0.1, -0.05) is 0 Å². The fourth-order valence-electron chi connectivity index (χ4n) is 0.489. The van der Waals surface area contributed by atoms with Crippen molar-refractivity contribution in [2.45, 2.75) is 0 Å². The van der Waals surface area contributed by atoms with Crippen molar-refractivity contribution in [2.24, 2.45) is 0 Å². The number of nitrogens with zero attached hydrogens (tertiary/aromatic N) is 1. The second-order valence-electron chi connectivity index (χ2n) is 1.55. The predicted octanol–water partition coefficient (Wildman–Crippen LogP) is 1.47. The molecule has 0 bridgehead atoms. The van der Waals surface area contributed by atoms with E-state index in [0.717, 1.165) is 0 Å². The maximum atomic E-state index is 10.2. The van der Waals surface area contributed by atoms with Crippen LogP contribution in [-0.4, -0.2) is 16.1 Å². The van der Waals surface area contributed by atoms with E-state index in [-0.39, 0.29) is 5.56 Å². The number of aromatic nitrogens is 1. The van der Waals surface area contributed by atoms with Gasteiger partial charge in [-0.2, -0.15) is 0 Å². The van der Waals surface area contributed by atoms with Gasteiger partial charge in [0.15, 0.2) is 0 Å². The van der Waals surface area contributed by atoms with Crippen LogP contribution >= 0.6 is 10.1 Å². The number of carboxylic acid groups (broad SMARTS) is 1. The van der Waals surface area contributed by atoms with Gasteiger partial charge in [-0.3, -0.25) is 4.98 Å². The van der Waals surface area contributed by atoms with E-state index < -0.39 is 5.97 Å². The van der Waals surface area contributed by atoms with Gasteiger partial charge in [0, 0.05) is 12.4 Å². The molecule has 11 heavy (non-hydrogen) atoms. The van der Waals surface area contributed by atoms with Gasteiger partial charge < -0.3 is 5.11 Å². The molecule has 5 heteroatoms. The Labute approximate surface area is 76.4 Å². The summed E-state index contributed by atoms with van der Waals surface area (Å²) >= 11 is 3.66. The number of hydrogen-bond acceptors (Lipinski definition) is 2. The summed E-state index contributed by atoms with van der Waals surface area (Å²) in [7, 11) is 4.20. The molecule has 0 saturated heterocycles. The molecule has 0 aliphatic rings. The van der Waals surface area contributed by atoms with Crippen LogP contribution < -0.4 is 0 Å². The van der Waals surface area contributed by atoms with E-state index in [9.17, 15) is 4.79 Å². The van der Waals surface area contributed by atoms with E-state index in [1.807, 2.05) is 0 Å². The van der Waals surface area contributed by atoms with Gasteiger partial charge in [-0.25, -0.2) is 4.79 Å². The first-order chi connectivity index (χ1) is 5.30. The van der Waals surface area contributed by atoms with E-state index in [0.29, 0.717) is 0 Å². The Bertz CT molecular complexity index is 217. The van der Waals surface area contributed by atoms with Crippen LogP contribution in [0.25, 0.3) is 0 Å². The molecule has 0 radical (unpaired) electrons. The SMILES string of the molecule is O=C(O)c1cccnc1.[Cl][Cu]. The second-order valence-corrected chi connectivity index (χ2v) is 1.55. The summed E-state index contributed by atoms with van der Waals surface area (Å²) in [5, 5.41) is 8.34. The molecule has 0 unspecified atom stereocenters. The summed E-state index contributed by atoms with van der Waals surface area (Å²) in [6.07, 6.45) is 2.84. The Hall–Kier alpha value is -0.571. The number of rotatable bonds is 1. The van der Waals surface area contributed by atoms with Crippen molar-refractivity contribution in [2.75, 3.05) is 0 Å². The zero-order chi connectivity index (χ0) is 8.69. The zero-order valence-electron chi connectivity index (χ0n) is 5.29. The third kappa shape index (κ3) is 3.98. The maximum absolute atomic E-state index is 10.2. The Morgan fingerprint density at radius 1 is 1.64 bits per heavy atom. The van der Waals surface area contributed by atoms with Crippen molar-refractivity contribution >= 4 is 16.1 Å². The molecule has 1 aromatic heterocycles. The second kappa shape index (κ2) is 6.16. The van der Waals surface area contributed by atoms with Crippen molar-refractivity contribution in [3.8, 4) is 0 Å². The fourth-order valence-corrected chi connectivity index (χ4v) is 0.489. The van der Waals surface area contributed by atoms with Crippen LogP contribution in [-0.2, 0) is 15.1 Å². The minimum absolute atomic E-state index is 0.220. The van der Waals surface area contributed by atoms with Crippen molar-refractivity contribution in [3.63, 3.8) is 0 Å². The van der Waals surface area contributed by atoms with E-state index in [2.05, 4.69) is 30.2 Å². The molecular weight excluding hydrogens is 217 g/mol. The molecule has 0 aromatic carbocycles. The molecule has 0 aliphatic heterocycles. The summed E-state index contributed by atoms with van der Waals surface area (Å²) in [4.78, 5) is 13.8. The first-order valence-corrected chi connectivity index (χ1v) is 3.85. The van der Waals surface area contributed by atoms with Gasteiger partial charge >= 0.3 is 31.2 Å². The number of pyridine rings is 1. The molecule has 0 amide bonds. The van der Waals surface area contributed by atoms with Gasteiger partial charge in [0.2, 0.25) is 0 Å². The van der Waals surface area contributed by atoms with Crippen LogP contribution in [0, 0.1) is 0 Å². The molecule has 0 aliphatic carbocycles. The van der Waals surface area contributed by atoms with E-state index >= 15 is 0 Å². The summed E-state index contributed by atoms with van der Waals surface area (Å²) in [5.41, 5.74) is 0.220. The van der Waals surface area contributed by atoms with Crippen LogP contribution in [0.15, 0.2) is 24.5 Å². The molecule has 1 aromatic rings. The predicted molar refractivity (Wildman–Crippen MR) is 37.0 cm³/mol. The molecule has 1 heterocycles. The Balaban J connectivity index is 0.000000461. The molecular formula is C6H5ClCuNO2. The summed E-state index contributed by atoms with van der Waals surface area (Å²) in [6.45, 7) is 0. The fraction of sp³-hybridized carbons (Fsp3) is 0. The standard InChI is InChI=1S/C6H5NO2.ClH.Cu/c8-6(9)5-2-1-3-7-4-5;;/h1-4H,(H,8,9);1H;/q;;+1/p-1. The first kappa shape index (κ1) is 10.4. The van der Waals surface area contributed by atoms with Crippen LogP contribution in [0.3, 0.4) is 0 Å². The Morgan fingerprint density at radius 2 is 2.27 bits per heavy atom. The minimum atomic E-state index is -0.942. The number of halogens is 1. The molecule has 0 saturated carbocycles. The normalized spacial score (nSPS) is 7.91. The van der Waals surface area contributed by atoms with Gasteiger partial charge in [0.25, 0.3) is 0 Å². The summed E-state index contributed by atoms with van der Waals surface area (Å²) in [6, 6.07) is 3.08. The number of hydrogen-bond donors (Lipinski definition) is 1.